The summed E-state index contributed by atoms with van der Waals surface area (Å²) >= 11 is 5.98. The number of hydrogen-bond acceptors (Lipinski definition) is 0. The van der Waals surface area contributed by atoms with E-state index < -0.39 is 5.67 Å². The van der Waals surface area contributed by atoms with E-state index >= 15 is 0 Å². The zero-order valence-electron chi connectivity index (χ0n) is 8.70. The fourth-order valence-corrected chi connectivity index (χ4v) is 1.67. The van der Waals surface area contributed by atoms with Gasteiger partial charge in [0, 0.05) is 10.6 Å². The van der Waals surface area contributed by atoms with Gasteiger partial charge in [-0.05, 0) is 32.4 Å². The lowest BCUT2D eigenvalue weighted by Gasteiger charge is -2.17. The molecule has 2 heteroatoms. The van der Waals surface area contributed by atoms with Crippen molar-refractivity contribution in [2.75, 3.05) is 0 Å². The molecule has 1 rings (SSSR count). The standard InChI is InChI=1S/C12H14ClF/c1-8(2)9-5-6-10(11(13)7-9)12(3,4)14/h5-7H,1H2,2-4H3. The summed E-state index contributed by atoms with van der Waals surface area (Å²) < 4.78 is 13.6. The summed E-state index contributed by atoms with van der Waals surface area (Å²) in [5.74, 6) is 0. The van der Waals surface area contributed by atoms with Crippen LogP contribution in [0.4, 0.5) is 4.39 Å². The molecule has 0 saturated heterocycles. The van der Waals surface area contributed by atoms with Crippen LogP contribution in [0.15, 0.2) is 24.8 Å². The minimum absolute atomic E-state index is 0.456. The third kappa shape index (κ3) is 2.36. The molecule has 0 N–H and O–H groups in total. The SMILES string of the molecule is C=C(C)c1ccc(C(C)(C)F)c(Cl)c1. The molecule has 0 amide bonds. The molecule has 0 spiro atoms. The summed E-state index contributed by atoms with van der Waals surface area (Å²) in [4.78, 5) is 0. The first-order valence-electron chi connectivity index (χ1n) is 4.47. The van der Waals surface area contributed by atoms with Crippen molar-refractivity contribution >= 4 is 17.2 Å². The second kappa shape index (κ2) is 3.74. The average molecular weight is 213 g/mol. The van der Waals surface area contributed by atoms with Crippen molar-refractivity contribution in [1.29, 1.82) is 0 Å². The minimum atomic E-state index is -1.40. The van der Waals surface area contributed by atoms with Crippen LogP contribution in [0.25, 0.3) is 5.57 Å². The largest absolute Gasteiger partial charge is 0.239 e. The van der Waals surface area contributed by atoms with E-state index in [-0.39, 0.29) is 0 Å². The van der Waals surface area contributed by atoms with Crippen LogP contribution in [-0.2, 0) is 5.67 Å². The normalized spacial score (nSPS) is 11.5. The van der Waals surface area contributed by atoms with E-state index in [1.165, 1.54) is 13.8 Å². The van der Waals surface area contributed by atoms with E-state index in [1.807, 2.05) is 13.0 Å². The van der Waals surface area contributed by atoms with Crippen LogP contribution >= 0.6 is 11.6 Å². The van der Waals surface area contributed by atoms with Crippen molar-refractivity contribution in [3.05, 3.63) is 40.9 Å². The molecule has 0 saturated carbocycles. The van der Waals surface area contributed by atoms with Gasteiger partial charge in [-0.15, -0.1) is 0 Å². The highest BCUT2D eigenvalue weighted by molar-refractivity contribution is 6.31. The monoisotopic (exact) mass is 212 g/mol. The van der Waals surface area contributed by atoms with Crippen molar-refractivity contribution in [1.82, 2.24) is 0 Å². The second-order valence-corrected chi connectivity index (χ2v) is 4.35. The molecule has 0 aliphatic heterocycles. The number of alkyl halides is 1. The first kappa shape index (κ1) is 11.3. The molecule has 1 aromatic rings. The predicted molar refractivity (Wildman–Crippen MR) is 60.3 cm³/mol. The Labute approximate surface area is 89.4 Å². The Kier molecular flexibility index (Phi) is 3.01. The van der Waals surface area contributed by atoms with Gasteiger partial charge in [0.2, 0.25) is 0 Å². The summed E-state index contributed by atoms with van der Waals surface area (Å²) in [6.07, 6.45) is 0. The topological polar surface area (TPSA) is 0 Å². The lowest BCUT2D eigenvalue weighted by Crippen LogP contribution is -2.09. The Morgan fingerprint density at radius 2 is 2.00 bits per heavy atom. The summed E-state index contributed by atoms with van der Waals surface area (Å²) in [7, 11) is 0. The van der Waals surface area contributed by atoms with Crippen molar-refractivity contribution in [2.24, 2.45) is 0 Å². The van der Waals surface area contributed by atoms with Gasteiger partial charge in [0.15, 0.2) is 0 Å². The van der Waals surface area contributed by atoms with Gasteiger partial charge < -0.3 is 0 Å². The Morgan fingerprint density at radius 1 is 1.43 bits per heavy atom. The number of allylic oxidation sites excluding steroid dienone is 1. The third-order valence-electron chi connectivity index (χ3n) is 2.10. The molecule has 14 heavy (non-hydrogen) atoms. The van der Waals surface area contributed by atoms with E-state index in [0.29, 0.717) is 10.6 Å². The third-order valence-corrected chi connectivity index (χ3v) is 2.42. The fraction of sp³-hybridized carbons (Fsp3) is 0.333. The van der Waals surface area contributed by atoms with Gasteiger partial charge in [0.1, 0.15) is 5.67 Å². The smallest absolute Gasteiger partial charge is 0.131 e. The van der Waals surface area contributed by atoms with Crippen LogP contribution in [0.1, 0.15) is 31.9 Å². The minimum Gasteiger partial charge on any atom is -0.239 e. The van der Waals surface area contributed by atoms with E-state index in [2.05, 4.69) is 6.58 Å². The van der Waals surface area contributed by atoms with Gasteiger partial charge in [-0.2, -0.15) is 0 Å². The molecule has 0 aromatic heterocycles. The molecule has 0 radical (unpaired) electrons. The van der Waals surface area contributed by atoms with Crippen LogP contribution in [0.5, 0.6) is 0 Å². The first-order chi connectivity index (χ1) is 6.32. The molecule has 0 heterocycles. The predicted octanol–water partition coefficient (Wildman–Crippen LogP) is 4.58. The zero-order valence-corrected chi connectivity index (χ0v) is 9.45. The summed E-state index contributed by atoms with van der Waals surface area (Å²) in [5, 5.41) is 0.456. The van der Waals surface area contributed by atoms with Gasteiger partial charge in [0.25, 0.3) is 0 Å². The Morgan fingerprint density at radius 3 is 2.36 bits per heavy atom. The number of benzene rings is 1. The van der Waals surface area contributed by atoms with Gasteiger partial charge in [0.05, 0.1) is 0 Å². The molecule has 1 aromatic carbocycles. The molecule has 0 bridgehead atoms. The molecule has 76 valence electrons. The molecule has 0 atom stereocenters. The zero-order chi connectivity index (χ0) is 10.9. The van der Waals surface area contributed by atoms with Gasteiger partial charge >= 0.3 is 0 Å². The maximum absolute atomic E-state index is 13.6. The number of hydrogen-bond donors (Lipinski definition) is 0. The van der Waals surface area contributed by atoms with Crippen LogP contribution in [0, 0.1) is 0 Å². The van der Waals surface area contributed by atoms with Crippen molar-refractivity contribution in [3.63, 3.8) is 0 Å². The van der Waals surface area contributed by atoms with E-state index in [1.54, 1.807) is 12.1 Å². The van der Waals surface area contributed by atoms with Crippen molar-refractivity contribution in [3.8, 4) is 0 Å². The van der Waals surface area contributed by atoms with Crippen LogP contribution in [-0.4, -0.2) is 0 Å². The molecule has 0 nitrogen and oxygen atoms in total. The van der Waals surface area contributed by atoms with E-state index in [4.69, 9.17) is 11.6 Å². The van der Waals surface area contributed by atoms with Crippen LogP contribution in [0.3, 0.4) is 0 Å². The number of rotatable bonds is 2. The van der Waals surface area contributed by atoms with Crippen molar-refractivity contribution < 1.29 is 4.39 Å². The fourth-order valence-electron chi connectivity index (χ4n) is 1.26. The second-order valence-electron chi connectivity index (χ2n) is 3.95. The van der Waals surface area contributed by atoms with Crippen LogP contribution in [0.2, 0.25) is 5.02 Å². The molecule has 0 aliphatic rings. The Bertz CT molecular complexity index is 361. The first-order valence-corrected chi connectivity index (χ1v) is 4.85. The summed E-state index contributed by atoms with van der Waals surface area (Å²) in [5.41, 5.74) is 0.993. The highest BCUT2D eigenvalue weighted by Gasteiger charge is 2.21. The van der Waals surface area contributed by atoms with Gasteiger partial charge in [-0.25, -0.2) is 4.39 Å². The summed E-state index contributed by atoms with van der Waals surface area (Å²) in [6.45, 7) is 8.69. The molecule has 0 aliphatic carbocycles. The van der Waals surface area contributed by atoms with Crippen LogP contribution < -0.4 is 0 Å². The number of halogens is 2. The molecule has 0 unspecified atom stereocenters. The molecule has 0 fully saturated rings. The highest BCUT2D eigenvalue weighted by Crippen LogP contribution is 2.32. The lowest BCUT2D eigenvalue weighted by molar-refractivity contribution is 0.221. The van der Waals surface area contributed by atoms with E-state index in [0.717, 1.165) is 11.1 Å². The maximum Gasteiger partial charge on any atom is 0.131 e. The molecular weight excluding hydrogens is 199 g/mol. The van der Waals surface area contributed by atoms with Gasteiger partial charge in [-0.3, -0.25) is 0 Å². The highest BCUT2D eigenvalue weighted by atomic mass is 35.5. The van der Waals surface area contributed by atoms with Gasteiger partial charge in [-0.1, -0.05) is 35.9 Å². The maximum atomic E-state index is 13.6. The van der Waals surface area contributed by atoms with Crippen molar-refractivity contribution in [2.45, 2.75) is 26.4 Å². The van der Waals surface area contributed by atoms with E-state index in [9.17, 15) is 4.39 Å². The molecular formula is C12H14ClF. The average Bonchev–Trinajstić information content (AvgIpc) is 2.01. The quantitative estimate of drug-likeness (QED) is 0.673. The Balaban J connectivity index is 3.21. The summed E-state index contributed by atoms with van der Waals surface area (Å²) in [6, 6.07) is 5.30. The lowest BCUT2D eigenvalue weighted by atomic mass is 9.97. The Hall–Kier alpha value is -0.820.